The molecule has 6 heteroatoms. The summed E-state index contributed by atoms with van der Waals surface area (Å²) in [6, 6.07) is 3.60. The van der Waals surface area contributed by atoms with E-state index in [1.165, 1.54) is 11.3 Å². The maximum absolute atomic E-state index is 12.1. The highest BCUT2D eigenvalue weighted by Crippen LogP contribution is 2.23. The Hall–Kier alpha value is -1.95. The Labute approximate surface area is 126 Å². The Morgan fingerprint density at radius 1 is 1.33 bits per heavy atom. The van der Waals surface area contributed by atoms with E-state index in [0.29, 0.717) is 21.9 Å². The van der Waals surface area contributed by atoms with E-state index in [1.807, 2.05) is 26.8 Å². The second-order valence-electron chi connectivity index (χ2n) is 5.07. The molecule has 0 fully saturated rings. The summed E-state index contributed by atoms with van der Waals surface area (Å²) in [4.78, 5) is 25.7. The normalized spacial score (nSPS) is 10.9. The fourth-order valence-corrected chi connectivity index (χ4v) is 2.68. The Balaban J connectivity index is 2.05. The Morgan fingerprint density at radius 2 is 2.05 bits per heavy atom. The van der Waals surface area contributed by atoms with Crippen LogP contribution in [0.4, 0.5) is 0 Å². The molecule has 112 valence electrons. The molecular formula is C15H17NO4S. The number of nitrogens with zero attached hydrogens (tertiary/aromatic N) is 1. The van der Waals surface area contributed by atoms with E-state index in [4.69, 9.17) is 9.26 Å². The molecule has 0 saturated carbocycles. The summed E-state index contributed by atoms with van der Waals surface area (Å²) >= 11 is 1.38. The molecule has 0 aliphatic heterocycles. The maximum atomic E-state index is 12.1. The first-order chi connectivity index (χ1) is 9.90. The minimum atomic E-state index is -0.570. The number of rotatable bonds is 5. The third-order valence-corrected chi connectivity index (χ3v) is 4.01. The molecule has 0 saturated heterocycles. The van der Waals surface area contributed by atoms with Crippen LogP contribution in [-0.4, -0.2) is 23.5 Å². The van der Waals surface area contributed by atoms with Crippen LogP contribution in [0.1, 0.15) is 56.1 Å². The van der Waals surface area contributed by atoms with Crippen molar-refractivity contribution in [2.24, 2.45) is 0 Å². The molecule has 0 bridgehead atoms. The molecule has 0 N–H and O–H groups in total. The monoisotopic (exact) mass is 307 g/mol. The predicted molar refractivity (Wildman–Crippen MR) is 79.0 cm³/mol. The number of aromatic nitrogens is 1. The lowest BCUT2D eigenvalue weighted by Gasteiger charge is -2.05. The lowest BCUT2D eigenvalue weighted by Crippen LogP contribution is -2.15. The average molecular weight is 307 g/mol. The molecule has 2 rings (SSSR count). The average Bonchev–Trinajstić information content (AvgIpc) is 3.01. The van der Waals surface area contributed by atoms with E-state index in [0.717, 1.165) is 4.88 Å². The first-order valence-corrected chi connectivity index (χ1v) is 7.44. The van der Waals surface area contributed by atoms with Gasteiger partial charge in [-0.1, -0.05) is 19.0 Å². The number of Topliss-reactive ketones (excluding diaryl/α,β-unsaturated/α-hetero) is 1. The van der Waals surface area contributed by atoms with Crippen LogP contribution in [0.25, 0.3) is 0 Å². The molecule has 2 aromatic heterocycles. The van der Waals surface area contributed by atoms with Crippen molar-refractivity contribution in [1.29, 1.82) is 0 Å². The van der Waals surface area contributed by atoms with E-state index in [2.05, 4.69) is 5.16 Å². The molecule has 0 spiro atoms. The molecule has 5 nitrogen and oxygen atoms in total. The van der Waals surface area contributed by atoms with Gasteiger partial charge < -0.3 is 9.26 Å². The van der Waals surface area contributed by atoms with E-state index in [9.17, 15) is 9.59 Å². The van der Waals surface area contributed by atoms with Gasteiger partial charge in [-0.25, -0.2) is 4.79 Å². The Morgan fingerprint density at radius 3 is 2.62 bits per heavy atom. The summed E-state index contributed by atoms with van der Waals surface area (Å²) < 4.78 is 10.2. The highest BCUT2D eigenvalue weighted by Gasteiger charge is 2.24. The first-order valence-electron chi connectivity index (χ1n) is 6.63. The minimum absolute atomic E-state index is 0.0180. The van der Waals surface area contributed by atoms with Crippen LogP contribution in [0.5, 0.6) is 0 Å². The summed E-state index contributed by atoms with van der Waals surface area (Å²) in [5, 5.41) is 3.79. The van der Waals surface area contributed by atoms with Crippen LogP contribution in [-0.2, 0) is 4.74 Å². The molecule has 0 aromatic carbocycles. The lowest BCUT2D eigenvalue weighted by molar-refractivity contribution is 0.0472. The standard InChI is InChI=1S/C15H17NO4S/c1-8(2)14-13(10(4)16-20-14)15(18)19-7-11(17)12-6-5-9(3)21-12/h5-6,8H,7H2,1-4H3. The second kappa shape index (κ2) is 6.22. The van der Waals surface area contributed by atoms with Crippen LogP contribution in [0.15, 0.2) is 16.7 Å². The van der Waals surface area contributed by atoms with Gasteiger partial charge in [0.2, 0.25) is 5.78 Å². The molecular weight excluding hydrogens is 290 g/mol. The van der Waals surface area contributed by atoms with Gasteiger partial charge in [0.25, 0.3) is 0 Å². The largest absolute Gasteiger partial charge is 0.454 e. The van der Waals surface area contributed by atoms with Crippen LogP contribution >= 0.6 is 11.3 Å². The number of thiophene rings is 1. The number of esters is 1. The van der Waals surface area contributed by atoms with Crippen molar-refractivity contribution in [3.63, 3.8) is 0 Å². The number of carbonyl (C=O) groups excluding carboxylic acids is 2. The fourth-order valence-electron chi connectivity index (χ4n) is 1.89. The van der Waals surface area contributed by atoms with Crippen molar-refractivity contribution < 1.29 is 18.8 Å². The van der Waals surface area contributed by atoms with Gasteiger partial charge in [0.15, 0.2) is 12.4 Å². The van der Waals surface area contributed by atoms with E-state index in [-0.39, 0.29) is 18.3 Å². The zero-order valence-corrected chi connectivity index (χ0v) is 13.2. The van der Waals surface area contributed by atoms with Gasteiger partial charge in [-0.05, 0) is 26.0 Å². The third-order valence-electron chi connectivity index (χ3n) is 2.97. The molecule has 0 radical (unpaired) electrons. The van der Waals surface area contributed by atoms with E-state index in [1.54, 1.807) is 13.0 Å². The molecule has 2 heterocycles. The summed E-state index contributed by atoms with van der Waals surface area (Å²) in [5.74, 6) is -0.276. The quantitative estimate of drug-likeness (QED) is 0.624. The summed E-state index contributed by atoms with van der Waals surface area (Å²) in [5.41, 5.74) is 0.795. The zero-order valence-electron chi connectivity index (χ0n) is 12.4. The van der Waals surface area contributed by atoms with Crippen molar-refractivity contribution in [3.05, 3.63) is 38.9 Å². The smallest absolute Gasteiger partial charge is 0.344 e. The van der Waals surface area contributed by atoms with Gasteiger partial charge in [0.05, 0.1) is 10.6 Å². The summed E-state index contributed by atoms with van der Waals surface area (Å²) in [7, 11) is 0. The minimum Gasteiger partial charge on any atom is -0.454 e. The van der Waals surface area contributed by atoms with Gasteiger partial charge in [0.1, 0.15) is 5.56 Å². The summed E-state index contributed by atoms with van der Waals surface area (Å²) in [6.07, 6.45) is 0. The van der Waals surface area contributed by atoms with E-state index < -0.39 is 5.97 Å². The number of ketones is 1. The molecule has 0 amide bonds. The Kier molecular flexibility index (Phi) is 4.57. The fraction of sp³-hybridized carbons (Fsp3) is 0.400. The van der Waals surface area contributed by atoms with Crippen molar-refractivity contribution in [2.45, 2.75) is 33.6 Å². The maximum Gasteiger partial charge on any atom is 0.344 e. The van der Waals surface area contributed by atoms with Crippen LogP contribution in [0, 0.1) is 13.8 Å². The van der Waals surface area contributed by atoms with Gasteiger partial charge >= 0.3 is 5.97 Å². The number of hydrogen-bond acceptors (Lipinski definition) is 6. The van der Waals surface area contributed by atoms with Gasteiger partial charge in [-0.15, -0.1) is 11.3 Å². The molecule has 0 aliphatic carbocycles. The molecule has 0 atom stereocenters. The number of hydrogen-bond donors (Lipinski definition) is 0. The van der Waals surface area contributed by atoms with Crippen molar-refractivity contribution >= 4 is 23.1 Å². The second-order valence-corrected chi connectivity index (χ2v) is 6.36. The van der Waals surface area contributed by atoms with Crippen molar-refractivity contribution in [1.82, 2.24) is 5.16 Å². The van der Waals surface area contributed by atoms with Crippen molar-refractivity contribution in [3.8, 4) is 0 Å². The van der Waals surface area contributed by atoms with E-state index >= 15 is 0 Å². The number of carbonyl (C=O) groups is 2. The van der Waals surface area contributed by atoms with Gasteiger partial charge in [-0.2, -0.15) is 0 Å². The topological polar surface area (TPSA) is 69.4 Å². The third kappa shape index (κ3) is 3.39. The first kappa shape index (κ1) is 15.4. The highest BCUT2D eigenvalue weighted by molar-refractivity contribution is 7.14. The highest BCUT2D eigenvalue weighted by atomic mass is 32.1. The summed E-state index contributed by atoms with van der Waals surface area (Å²) in [6.45, 7) is 7.12. The van der Waals surface area contributed by atoms with Gasteiger partial charge in [-0.3, -0.25) is 4.79 Å². The molecule has 0 unspecified atom stereocenters. The zero-order chi connectivity index (χ0) is 15.6. The predicted octanol–water partition coefficient (Wildman–Crippen LogP) is 3.52. The SMILES string of the molecule is Cc1ccc(C(=O)COC(=O)c2c(C)noc2C(C)C)s1. The molecule has 2 aromatic rings. The van der Waals surface area contributed by atoms with Crippen LogP contribution in [0.3, 0.4) is 0 Å². The number of aryl methyl sites for hydroxylation is 2. The number of ether oxygens (including phenoxy) is 1. The van der Waals surface area contributed by atoms with Crippen LogP contribution in [0.2, 0.25) is 0 Å². The van der Waals surface area contributed by atoms with Crippen LogP contribution < -0.4 is 0 Å². The van der Waals surface area contributed by atoms with Crippen molar-refractivity contribution in [2.75, 3.05) is 6.61 Å². The van der Waals surface area contributed by atoms with Gasteiger partial charge in [0, 0.05) is 10.8 Å². The molecule has 0 aliphatic rings. The molecule has 21 heavy (non-hydrogen) atoms. The Bertz CT molecular complexity index is 669. The lowest BCUT2D eigenvalue weighted by atomic mass is 10.1.